The molecule has 2 saturated carbocycles. The van der Waals surface area contributed by atoms with E-state index >= 15 is 0 Å². The molecule has 1 amide bonds. The Morgan fingerprint density at radius 3 is 2.19 bits per heavy atom. The zero-order chi connectivity index (χ0) is 11.7. The Morgan fingerprint density at radius 2 is 1.75 bits per heavy atom. The van der Waals surface area contributed by atoms with E-state index in [0.717, 1.165) is 19.3 Å². The van der Waals surface area contributed by atoms with E-state index in [9.17, 15) is 9.59 Å². The maximum Gasteiger partial charge on any atom is 0.306 e. The molecular formula is C12H19NO3. The number of carbonyl (C=O) groups is 2. The van der Waals surface area contributed by atoms with Crippen LogP contribution < -0.4 is 0 Å². The molecule has 0 aromatic heterocycles. The molecule has 0 aromatic carbocycles. The van der Waals surface area contributed by atoms with Crippen LogP contribution in [0.4, 0.5) is 0 Å². The highest BCUT2D eigenvalue weighted by Gasteiger charge is 2.37. The Kier molecular flexibility index (Phi) is 3.17. The Bertz CT molecular complexity index is 299. The third-order valence-electron chi connectivity index (χ3n) is 4.10. The number of aliphatic carboxylic acids is 1. The Morgan fingerprint density at radius 1 is 1.12 bits per heavy atom. The van der Waals surface area contributed by atoms with E-state index in [1.54, 1.807) is 0 Å². The number of nitrogens with zero attached hydrogens (tertiary/aromatic N) is 1. The van der Waals surface area contributed by atoms with E-state index in [4.69, 9.17) is 5.11 Å². The van der Waals surface area contributed by atoms with Gasteiger partial charge in [-0.3, -0.25) is 9.59 Å². The molecule has 2 atom stereocenters. The normalized spacial score (nSPS) is 29.8. The summed E-state index contributed by atoms with van der Waals surface area (Å²) in [6.07, 6.45) is 5.36. The minimum Gasteiger partial charge on any atom is -0.481 e. The predicted molar refractivity (Wildman–Crippen MR) is 58.9 cm³/mol. The van der Waals surface area contributed by atoms with Crippen molar-refractivity contribution < 1.29 is 14.7 Å². The van der Waals surface area contributed by atoms with Gasteiger partial charge in [0, 0.05) is 19.0 Å². The minimum absolute atomic E-state index is 0.0494. The summed E-state index contributed by atoms with van der Waals surface area (Å²) in [7, 11) is 1.86. The molecule has 0 heterocycles. The summed E-state index contributed by atoms with van der Waals surface area (Å²) >= 11 is 0. The first kappa shape index (κ1) is 11.4. The monoisotopic (exact) mass is 225 g/mol. The average Bonchev–Trinajstić information content (AvgIpc) is 2.62. The van der Waals surface area contributed by atoms with Gasteiger partial charge in [0.15, 0.2) is 0 Å². The fourth-order valence-corrected chi connectivity index (χ4v) is 2.67. The molecule has 2 rings (SSSR count). The smallest absolute Gasteiger partial charge is 0.306 e. The van der Waals surface area contributed by atoms with E-state index in [-0.39, 0.29) is 17.7 Å². The van der Waals surface area contributed by atoms with Crippen LogP contribution >= 0.6 is 0 Å². The number of hydrogen-bond donors (Lipinski definition) is 1. The number of hydrogen-bond acceptors (Lipinski definition) is 2. The number of carboxylic acid groups (broad SMARTS) is 1. The topological polar surface area (TPSA) is 57.6 Å². The summed E-state index contributed by atoms with van der Waals surface area (Å²) in [6, 6.07) is 0.413. The molecule has 4 nitrogen and oxygen atoms in total. The summed E-state index contributed by atoms with van der Waals surface area (Å²) < 4.78 is 0. The first-order valence-corrected chi connectivity index (χ1v) is 6.09. The Hall–Kier alpha value is -1.06. The third kappa shape index (κ3) is 2.06. The molecule has 0 aliphatic heterocycles. The maximum atomic E-state index is 12.1. The second-order valence-corrected chi connectivity index (χ2v) is 5.08. The largest absolute Gasteiger partial charge is 0.481 e. The molecule has 2 aliphatic carbocycles. The lowest BCUT2D eigenvalue weighted by Crippen LogP contribution is -2.43. The first-order valence-electron chi connectivity index (χ1n) is 6.09. The van der Waals surface area contributed by atoms with Crippen molar-refractivity contribution in [3.05, 3.63) is 0 Å². The van der Waals surface area contributed by atoms with Gasteiger partial charge >= 0.3 is 5.97 Å². The fourth-order valence-electron chi connectivity index (χ4n) is 2.67. The molecule has 90 valence electrons. The van der Waals surface area contributed by atoms with E-state index in [1.807, 2.05) is 11.9 Å². The highest BCUT2D eigenvalue weighted by Crippen LogP contribution is 2.34. The zero-order valence-corrected chi connectivity index (χ0v) is 9.69. The second kappa shape index (κ2) is 4.44. The summed E-state index contributed by atoms with van der Waals surface area (Å²) in [6.45, 7) is 0. The zero-order valence-electron chi connectivity index (χ0n) is 9.69. The molecule has 4 heteroatoms. The summed E-state index contributed by atoms with van der Waals surface area (Å²) in [4.78, 5) is 24.7. The van der Waals surface area contributed by atoms with E-state index in [2.05, 4.69) is 0 Å². The summed E-state index contributed by atoms with van der Waals surface area (Å²) in [5.41, 5.74) is 0. The van der Waals surface area contributed by atoms with Crippen LogP contribution in [0.5, 0.6) is 0 Å². The molecule has 1 N–H and O–H groups in total. The van der Waals surface area contributed by atoms with Crippen LogP contribution in [-0.4, -0.2) is 35.0 Å². The number of carbonyl (C=O) groups excluding carboxylic acids is 1. The highest BCUT2D eigenvalue weighted by molar-refractivity contribution is 5.81. The molecule has 0 radical (unpaired) electrons. The van der Waals surface area contributed by atoms with Gasteiger partial charge in [0.25, 0.3) is 0 Å². The molecule has 16 heavy (non-hydrogen) atoms. The van der Waals surface area contributed by atoms with Gasteiger partial charge in [-0.2, -0.15) is 0 Å². The van der Waals surface area contributed by atoms with Crippen molar-refractivity contribution in [3.63, 3.8) is 0 Å². The molecule has 2 fully saturated rings. The third-order valence-corrected chi connectivity index (χ3v) is 4.10. The van der Waals surface area contributed by atoms with Crippen LogP contribution in [0, 0.1) is 11.8 Å². The van der Waals surface area contributed by atoms with Gasteiger partial charge in [-0.25, -0.2) is 0 Å². The van der Waals surface area contributed by atoms with Crippen molar-refractivity contribution >= 4 is 11.9 Å². The van der Waals surface area contributed by atoms with Crippen LogP contribution in [0.15, 0.2) is 0 Å². The van der Waals surface area contributed by atoms with Crippen LogP contribution in [0.1, 0.15) is 38.5 Å². The highest BCUT2D eigenvalue weighted by atomic mass is 16.4. The lowest BCUT2D eigenvalue weighted by atomic mass is 9.90. The van der Waals surface area contributed by atoms with Gasteiger partial charge in [0.05, 0.1) is 5.92 Å². The minimum atomic E-state index is -0.749. The van der Waals surface area contributed by atoms with E-state index in [0.29, 0.717) is 18.9 Å². The molecular weight excluding hydrogens is 206 g/mol. The number of amides is 1. The summed E-state index contributed by atoms with van der Waals surface area (Å²) in [5.74, 6) is -0.939. The van der Waals surface area contributed by atoms with Crippen molar-refractivity contribution in [1.29, 1.82) is 0 Å². The number of carboxylic acids is 1. The van der Waals surface area contributed by atoms with Gasteiger partial charge in [0.1, 0.15) is 0 Å². The van der Waals surface area contributed by atoms with Crippen LogP contribution in [0.25, 0.3) is 0 Å². The lowest BCUT2D eigenvalue weighted by molar-refractivity contribution is -0.142. The standard InChI is InChI=1S/C12H19NO3/c1-13(10-3-2-4-10)11(14)8-5-6-9(7-8)12(15)16/h8-10H,2-7H2,1H3,(H,15,16)/t8-,9+/m1/s1. The molecule has 0 bridgehead atoms. The molecule has 0 aromatic rings. The fraction of sp³-hybridized carbons (Fsp3) is 0.833. The van der Waals surface area contributed by atoms with Gasteiger partial charge in [0.2, 0.25) is 5.91 Å². The van der Waals surface area contributed by atoms with E-state index < -0.39 is 5.97 Å². The molecule has 0 unspecified atom stereocenters. The van der Waals surface area contributed by atoms with E-state index in [1.165, 1.54) is 6.42 Å². The predicted octanol–water partition coefficient (Wildman–Crippen LogP) is 1.50. The van der Waals surface area contributed by atoms with Crippen LogP contribution in [0.3, 0.4) is 0 Å². The molecule has 0 spiro atoms. The van der Waals surface area contributed by atoms with Gasteiger partial charge in [-0.15, -0.1) is 0 Å². The summed E-state index contributed by atoms with van der Waals surface area (Å²) in [5, 5.41) is 8.89. The molecule has 0 saturated heterocycles. The Labute approximate surface area is 95.6 Å². The first-order chi connectivity index (χ1) is 7.59. The Balaban J connectivity index is 1.88. The van der Waals surface area contributed by atoms with Crippen LogP contribution in [-0.2, 0) is 9.59 Å². The quantitative estimate of drug-likeness (QED) is 0.791. The van der Waals surface area contributed by atoms with Gasteiger partial charge in [-0.1, -0.05) is 0 Å². The van der Waals surface area contributed by atoms with Crippen molar-refractivity contribution in [2.75, 3.05) is 7.05 Å². The van der Waals surface area contributed by atoms with Gasteiger partial charge in [-0.05, 0) is 38.5 Å². The lowest BCUT2D eigenvalue weighted by Gasteiger charge is -2.36. The second-order valence-electron chi connectivity index (χ2n) is 5.08. The van der Waals surface area contributed by atoms with Crippen molar-refractivity contribution in [1.82, 2.24) is 4.90 Å². The molecule has 2 aliphatic rings. The SMILES string of the molecule is CN(C(=O)[C@@H]1CC[C@H](C(=O)O)C1)C1CCC1. The van der Waals surface area contributed by atoms with Crippen molar-refractivity contribution in [2.24, 2.45) is 11.8 Å². The maximum absolute atomic E-state index is 12.1. The number of rotatable bonds is 3. The van der Waals surface area contributed by atoms with Gasteiger partial charge < -0.3 is 10.0 Å². The van der Waals surface area contributed by atoms with Crippen molar-refractivity contribution in [2.45, 2.75) is 44.6 Å². The van der Waals surface area contributed by atoms with Crippen LogP contribution in [0.2, 0.25) is 0 Å². The average molecular weight is 225 g/mol. The van der Waals surface area contributed by atoms with Crippen molar-refractivity contribution in [3.8, 4) is 0 Å².